The molecular weight excluding hydrogens is 1190 g/mol. The second-order valence-electron chi connectivity index (χ2n) is 17.6. The summed E-state index contributed by atoms with van der Waals surface area (Å²) in [5.74, 6) is -6.46. The molecule has 0 spiro atoms. The fraction of sp³-hybridized carbons (Fsp3) is 0.288. The molecule has 0 amide bonds. The fourth-order valence-electron chi connectivity index (χ4n) is 7.11. The van der Waals surface area contributed by atoms with Crippen LogP contribution in [0.15, 0.2) is 110 Å². The Morgan fingerprint density at radius 3 is 1.54 bits per heavy atom. The smallest absolute Gasteiger partial charge is 0.387 e. The molecule has 2 fully saturated rings. The summed E-state index contributed by atoms with van der Waals surface area (Å²) in [6.45, 7) is -5.32. The van der Waals surface area contributed by atoms with Crippen LogP contribution in [0.4, 0.5) is 28.9 Å². The first-order valence-corrected chi connectivity index (χ1v) is 25.1. The van der Waals surface area contributed by atoms with Crippen molar-refractivity contribution in [3.8, 4) is 23.0 Å². The zero-order valence-corrected chi connectivity index (χ0v) is 45.3. The molecule has 13 N–H and O–H groups in total. The second kappa shape index (κ2) is 32.0. The molecule has 0 saturated heterocycles. The van der Waals surface area contributed by atoms with Gasteiger partial charge in [-0.15, -0.1) is 0 Å². The number of ketones is 1. The van der Waals surface area contributed by atoms with E-state index >= 15 is 0 Å². The van der Waals surface area contributed by atoms with Gasteiger partial charge in [-0.3, -0.25) is 14.9 Å². The quantitative estimate of drug-likeness (QED) is 0.00525. The van der Waals surface area contributed by atoms with Gasteiger partial charge in [0.15, 0.2) is 53.5 Å². The number of carbonyl (C=O) groups excluding carboxylic acids is 2. The van der Waals surface area contributed by atoms with Crippen LogP contribution in [0.2, 0.25) is 20.1 Å². The molecule has 2 aromatic heterocycles. The van der Waals surface area contributed by atoms with Crippen molar-refractivity contribution >= 4 is 75.5 Å². The highest BCUT2D eigenvalue weighted by Gasteiger charge is 2.40. The number of H-pyrrole nitrogens is 2. The summed E-state index contributed by atoms with van der Waals surface area (Å²) in [6, 6.07) is 18.0. The Bertz CT molecular complexity index is 3050. The number of hydrogen-bond acceptors (Lipinski definition) is 16. The van der Waals surface area contributed by atoms with E-state index in [1.807, 2.05) is 0 Å². The number of aromatic nitrogens is 2. The maximum atomic E-state index is 13.1. The van der Waals surface area contributed by atoms with Gasteiger partial charge in [0.05, 0.1) is 24.2 Å². The van der Waals surface area contributed by atoms with Crippen molar-refractivity contribution in [2.75, 3.05) is 13.2 Å². The van der Waals surface area contributed by atoms with E-state index in [1.54, 1.807) is 12.4 Å². The number of nitro groups is 1. The predicted molar refractivity (Wildman–Crippen MR) is 278 cm³/mol. The van der Waals surface area contributed by atoms with E-state index in [2.05, 4.69) is 19.4 Å². The van der Waals surface area contributed by atoms with Gasteiger partial charge in [-0.2, -0.15) is 23.0 Å². The van der Waals surface area contributed by atoms with Crippen LogP contribution in [0.3, 0.4) is 0 Å². The van der Waals surface area contributed by atoms with Crippen molar-refractivity contribution in [1.29, 1.82) is 0 Å². The number of aromatic amines is 2. The molecule has 2 saturated carbocycles. The van der Waals surface area contributed by atoms with Gasteiger partial charge in [-0.1, -0.05) is 58.5 Å². The number of benzene rings is 4. The van der Waals surface area contributed by atoms with Crippen LogP contribution in [0.25, 0.3) is 0 Å². The largest absolute Gasteiger partial charge is 0.870 e. The van der Waals surface area contributed by atoms with Gasteiger partial charge in [-0.05, 0) is 97.2 Å². The Morgan fingerprint density at radius 2 is 1.12 bits per heavy atom. The van der Waals surface area contributed by atoms with Crippen LogP contribution in [0, 0.1) is 22.0 Å². The van der Waals surface area contributed by atoms with E-state index in [4.69, 9.17) is 70.9 Å². The normalized spacial score (nSPS) is 13.2. The monoisotopic (exact) mass is 1240 g/mol. The first kappa shape index (κ1) is 69.2. The van der Waals surface area contributed by atoms with Crippen LogP contribution < -0.4 is 34.4 Å². The van der Waals surface area contributed by atoms with Crippen LogP contribution >= 0.6 is 46.4 Å². The first-order valence-electron chi connectivity index (χ1n) is 23.6. The molecule has 0 unspecified atom stereocenters. The van der Waals surface area contributed by atoms with Crippen molar-refractivity contribution in [1.82, 2.24) is 0 Å². The number of non-ortho nitro benzene ring substituents is 1. The number of ether oxygens (including phenoxy) is 5. The number of nitro benzene ring substituents is 1. The maximum absolute atomic E-state index is 13.1. The van der Waals surface area contributed by atoms with Gasteiger partial charge in [-0.25, -0.2) is 24.8 Å². The highest BCUT2D eigenvalue weighted by atomic mass is 35.5. The minimum absolute atomic E-state index is 0. The molecular formula is C52H53Cl4F4N4O18+. The Morgan fingerprint density at radius 1 is 0.683 bits per heavy atom. The SMILES string of the molecule is O.O=C(O)C(=O)c1ccc([N+](=O)[O-])cc1.O=C(O[C@@H](Cc1c(Cl)c[nH+]cc1Cl)c1ccc(OC(F)F)c(OCC2CC2)c1)C(O)(O)c1ccc([NH2+]O)cc1.O[C@@H](Cc1c(Cl)c[nH+]cc1Cl)c1ccc(OC(F)F)c(OCC2CC2)c1.[OH-].[OH-]. The molecule has 4 aromatic carbocycles. The lowest BCUT2D eigenvalue weighted by molar-refractivity contribution is -0.825. The second-order valence-corrected chi connectivity index (χ2v) is 19.2. The van der Waals surface area contributed by atoms with E-state index in [9.17, 15) is 57.4 Å². The number of aliphatic hydroxyl groups is 3. The molecule has 6 aromatic rings. The number of carboxylic acid groups (broad SMARTS) is 1. The van der Waals surface area contributed by atoms with Crippen molar-refractivity contribution < 1.29 is 118 Å². The molecule has 2 atom stereocenters. The molecule has 82 heavy (non-hydrogen) atoms. The lowest BCUT2D eigenvalue weighted by Gasteiger charge is -2.26. The predicted octanol–water partition coefficient (Wildman–Crippen LogP) is 7.60. The van der Waals surface area contributed by atoms with Crippen LogP contribution in [0.1, 0.15) is 76.1 Å². The van der Waals surface area contributed by atoms with Crippen molar-refractivity contribution in [3.05, 3.63) is 173 Å². The van der Waals surface area contributed by atoms with Crippen molar-refractivity contribution in [3.63, 3.8) is 0 Å². The van der Waals surface area contributed by atoms with Crippen LogP contribution in [-0.2, 0) is 33.0 Å². The van der Waals surface area contributed by atoms with Gasteiger partial charge < -0.3 is 60.5 Å². The summed E-state index contributed by atoms with van der Waals surface area (Å²) in [5, 5.41) is 60.8. The zero-order chi connectivity index (χ0) is 57.6. The number of rotatable bonds is 23. The molecule has 8 rings (SSSR count). The Kier molecular flexibility index (Phi) is 27.0. The summed E-state index contributed by atoms with van der Waals surface area (Å²) in [6.07, 6.45) is 8.04. The molecule has 0 bridgehead atoms. The number of carboxylic acids is 1. The number of quaternary nitrogens is 1. The third-order valence-corrected chi connectivity index (χ3v) is 13.1. The third-order valence-electron chi connectivity index (χ3n) is 11.8. The number of pyridine rings is 2. The average Bonchev–Trinajstić information content (AvgIpc) is 4.43. The number of nitrogens with one attached hydrogen (secondary N) is 2. The molecule has 2 aliphatic rings. The minimum atomic E-state index is -3.09. The molecule has 0 radical (unpaired) electrons. The lowest BCUT2D eigenvalue weighted by Crippen LogP contribution is -2.73. The van der Waals surface area contributed by atoms with Gasteiger partial charge >= 0.3 is 25.2 Å². The molecule has 2 heterocycles. The van der Waals surface area contributed by atoms with Gasteiger partial charge in [0.1, 0.15) is 26.2 Å². The Labute approximate surface area is 482 Å². The van der Waals surface area contributed by atoms with Crippen molar-refractivity contribution in [2.45, 2.75) is 69.7 Å². The number of nitrogens with zero attached hydrogens (tertiary/aromatic N) is 1. The van der Waals surface area contributed by atoms with E-state index in [0.29, 0.717) is 50.9 Å². The molecule has 444 valence electrons. The number of Topliss-reactive ketones (excluding diaryl/α,β-unsaturated/α-hetero) is 1. The Balaban J connectivity index is 0.000000353. The van der Waals surface area contributed by atoms with E-state index < -0.39 is 53.9 Å². The number of esters is 1. The van der Waals surface area contributed by atoms with E-state index in [1.165, 1.54) is 73.1 Å². The number of carbonyl (C=O) groups is 3. The van der Waals surface area contributed by atoms with E-state index in [-0.39, 0.29) is 91.3 Å². The highest BCUT2D eigenvalue weighted by Crippen LogP contribution is 2.40. The molecule has 0 aliphatic heterocycles. The summed E-state index contributed by atoms with van der Waals surface area (Å²) < 4.78 is 77.2. The van der Waals surface area contributed by atoms with E-state index in [0.717, 1.165) is 55.4 Å². The summed E-state index contributed by atoms with van der Waals surface area (Å²) in [5.41, 5.74) is 2.45. The van der Waals surface area contributed by atoms with Gasteiger partial charge in [0.2, 0.25) is 0 Å². The number of halogens is 8. The average molecular weight is 1240 g/mol. The van der Waals surface area contributed by atoms with Crippen LogP contribution in [-0.4, -0.2) is 91.1 Å². The van der Waals surface area contributed by atoms with Gasteiger partial charge in [0.25, 0.3) is 17.3 Å². The first-order chi connectivity index (χ1) is 37.5. The summed E-state index contributed by atoms with van der Waals surface area (Å²) in [4.78, 5) is 49.3. The summed E-state index contributed by atoms with van der Waals surface area (Å²) in [7, 11) is 0. The highest BCUT2D eigenvalue weighted by molar-refractivity contribution is 6.40. The third kappa shape index (κ3) is 20.1. The molecule has 30 heteroatoms. The molecule has 22 nitrogen and oxygen atoms in total. The lowest BCUT2D eigenvalue weighted by atomic mass is 10.0. The number of nitrogens with two attached hydrogens (primary N) is 1. The standard InChI is InChI=1S/C26H24Cl2F2N2O7.C18H17Cl2F2NO3.C8H5NO5.3H2O/c27-19-11-31-12-20(28)18(19)10-22(38-24(33)26(34,35)16-4-6-17(32-36)7-5-16)15-3-8-21(39-25(29)30)23(9-15)37-13-14-1-2-14;19-13-7-23-8-14(20)12(13)6-15(24)11-3-4-16(26-18(21)22)17(5-11)25-9-10-1-2-10;10-7(8(11)12)5-1-3-6(4-2-5)9(13)14;;;/h3-9,11-12,14,22,25,32,34-36H,1-2,10,13H2;3-5,7-8,10,15,18,24H,1-2,6,9H2;1-4H,(H,11,12);3*1H2/p+1/t22-;15-;;;;/m00..../s1. The minimum Gasteiger partial charge on any atom is -0.870 e. The van der Waals surface area contributed by atoms with Gasteiger partial charge in [0, 0.05) is 59.4 Å². The molecule has 2 aliphatic carbocycles. The number of aliphatic hydroxyl groups excluding tert-OH is 1. The fourth-order valence-corrected chi connectivity index (χ4v) is 8.17. The summed E-state index contributed by atoms with van der Waals surface area (Å²) >= 11 is 24.8. The number of alkyl halides is 4. The number of hydrogen-bond donors (Lipinski definition) is 6. The van der Waals surface area contributed by atoms with Crippen molar-refractivity contribution in [2.24, 2.45) is 11.8 Å². The topological polar surface area (TPSA) is 378 Å². The van der Waals surface area contributed by atoms with Crippen LogP contribution in [0.5, 0.6) is 23.0 Å². The Hall–Kier alpha value is -7.05. The zero-order valence-electron chi connectivity index (χ0n) is 42.3. The number of aliphatic carboxylic acids is 1. The maximum Gasteiger partial charge on any atom is 0.387 e.